The fraction of sp³-hybridized carbons (Fsp3) is 0.500. The van der Waals surface area contributed by atoms with Crippen LogP contribution in [0, 0.1) is 5.92 Å². The summed E-state index contributed by atoms with van der Waals surface area (Å²) in [4.78, 5) is 0. The lowest BCUT2D eigenvalue weighted by Gasteiger charge is -2.37. The van der Waals surface area contributed by atoms with Gasteiger partial charge in [0.2, 0.25) is 0 Å². The Balaban J connectivity index is 1.98. The van der Waals surface area contributed by atoms with E-state index in [1.165, 1.54) is 0 Å². The van der Waals surface area contributed by atoms with Crippen LogP contribution in [0.25, 0.3) is 11.0 Å². The average Bonchev–Trinajstić information content (AvgIpc) is 2.85. The van der Waals surface area contributed by atoms with Gasteiger partial charge in [-0.15, -0.1) is 0 Å². The summed E-state index contributed by atoms with van der Waals surface area (Å²) in [5.74, 6) is 0.962. The minimum atomic E-state index is -0.963. The Bertz CT molecular complexity index is 619. The molecule has 2 atom stereocenters. The predicted molar refractivity (Wildman–Crippen MR) is 78.9 cm³/mol. The van der Waals surface area contributed by atoms with Crippen LogP contribution < -0.4 is 0 Å². The third-order valence-corrected chi connectivity index (χ3v) is 4.38. The molecule has 2 aromatic rings. The van der Waals surface area contributed by atoms with Crippen LogP contribution in [0.5, 0.6) is 0 Å². The van der Waals surface area contributed by atoms with E-state index in [1.54, 1.807) is 6.07 Å². The SMILES string of the molecule is CC(C)C1CC(O)(c2cc3cccc(Cl)c3o2)CCO1. The molecule has 3 nitrogen and oxygen atoms in total. The third kappa shape index (κ3) is 2.34. The van der Waals surface area contributed by atoms with Gasteiger partial charge < -0.3 is 14.3 Å². The molecule has 1 aliphatic rings. The lowest BCUT2D eigenvalue weighted by molar-refractivity contribution is -0.129. The Morgan fingerprint density at radius 1 is 1.40 bits per heavy atom. The van der Waals surface area contributed by atoms with E-state index >= 15 is 0 Å². The average molecular weight is 295 g/mol. The van der Waals surface area contributed by atoms with Crippen molar-refractivity contribution in [3.63, 3.8) is 0 Å². The maximum atomic E-state index is 10.9. The van der Waals surface area contributed by atoms with Crippen LogP contribution in [0.1, 0.15) is 32.4 Å². The van der Waals surface area contributed by atoms with Crippen molar-refractivity contribution >= 4 is 22.6 Å². The van der Waals surface area contributed by atoms with Crippen molar-refractivity contribution in [2.75, 3.05) is 6.61 Å². The molecule has 3 rings (SSSR count). The van der Waals surface area contributed by atoms with Crippen molar-refractivity contribution in [1.29, 1.82) is 0 Å². The first-order chi connectivity index (χ1) is 9.49. The van der Waals surface area contributed by atoms with Crippen LogP contribution in [0.2, 0.25) is 5.02 Å². The zero-order valence-electron chi connectivity index (χ0n) is 11.7. The summed E-state index contributed by atoms with van der Waals surface area (Å²) in [6, 6.07) is 7.51. The number of benzene rings is 1. The molecule has 0 amide bonds. The molecule has 1 aromatic heterocycles. The second-order valence-corrected chi connectivity index (χ2v) is 6.32. The van der Waals surface area contributed by atoms with E-state index in [1.807, 2.05) is 18.2 Å². The van der Waals surface area contributed by atoms with E-state index < -0.39 is 5.60 Å². The summed E-state index contributed by atoms with van der Waals surface area (Å²) in [6.07, 6.45) is 1.16. The Kier molecular flexibility index (Phi) is 3.53. The second kappa shape index (κ2) is 5.06. The first kappa shape index (κ1) is 13.9. The van der Waals surface area contributed by atoms with Crippen molar-refractivity contribution in [2.24, 2.45) is 5.92 Å². The van der Waals surface area contributed by atoms with Crippen molar-refractivity contribution in [2.45, 2.75) is 38.4 Å². The Morgan fingerprint density at radius 2 is 2.20 bits per heavy atom. The summed E-state index contributed by atoms with van der Waals surface area (Å²) in [7, 11) is 0. The van der Waals surface area contributed by atoms with Crippen molar-refractivity contribution in [3.8, 4) is 0 Å². The number of aliphatic hydroxyl groups is 1. The minimum Gasteiger partial charge on any atom is -0.456 e. The van der Waals surface area contributed by atoms with E-state index in [9.17, 15) is 5.11 Å². The molecular formula is C16H19ClO3. The highest BCUT2D eigenvalue weighted by atomic mass is 35.5. The number of hydrogen-bond donors (Lipinski definition) is 1. The van der Waals surface area contributed by atoms with Gasteiger partial charge in [-0.05, 0) is 18.1 Å². The first-order valence-corrected chi connectivity index (χ1v) is 7.40. The van der Waals surface area contributed by atoms with E-state index in [0.717, 1.165) is 5.39 Å². The van der Waals surface area contributed by atoms with E-state index in [0.29, 0.717) is 41.7 Å². The molecule has 1 aromatic carbocycles. The molecule has 1 fully saturated rings. The van der Waals surface area contributed by atoms with Crippen LogP contribution in [0.4, 0.5) is 0 Å². The van der Waals surface area contributed by atoms with Gasteiger partial charge in [0.15, 0.2) is 5.58 Å². The molecule has 0 spiro atoms. The van der Waals surface area contributed by atoms with Gasteiger partial charge in [0.1, 0.15) is 11.4 Å². The standard InChI is InChI=1S/C16H19ClO3/c1-10(2)13-9-16(18,6-7-19-13)14-8-11-4-3-5-12(17)15(11)20-14/h3-5,8,10,13,18H,6-7,9H2,1-2H3. The zero-order chi connectivity index (χ0) is 14.3. The first-order valence-electron chi connectivity index (χ1n) is 7.02. The Hall–Kier alpha value is -1.03. The molecule has 0 saturated carbocycles. The van der Waals surface area contributed by atoms with Crippen molar-refractivity contribution in [3.05, 3.63) is 35.0 Å². The number of halogens is 1. The Morgan fingerprint density at radius 3 is 2.90 bits per heavy atom. The highest BCUT2D eigenvalue weighted by molar-refractivity contribution is 6.34. The van der Waals surface area contributed by atoms with Gasteiger partial charge in [-0.1, -0.05) is 37.6 Å². The lowest BCUT2D eigenvalue weighted by Crippen LogP contribution is -2.40. The van der Waals surface area contributed by atoms with Crippen LogP contribution in [0.15, 0.2) is 28.7 Å². The molecule has 20 heavy (non-hydrogen) atoms. The van der Waals surface area contributed by atoms with E-state index in [4.69, 9.17) is 20.8 Å². The highest BCUT2D eigenvalue weighted by Gasteiger charge is 2.40. The molecule has 0 bridgehead atoms. The molecular weight excluding hydrogens is 276 g/mol. The van der Waals surface area contributed by atoms with Gasteiger partial charge in [-0.3, -0.25) is 0 Å². The van der Waals surface area contributed by atoms with Gasteiger partial charge in [0, 0.05) is 18.2 Å². The molecule has 0 radical (unpaired) electrons. The number of hydrogen-bond acceptors (Lipinski definition) is 3. The lowest BCUT2D eigenvalue weighted by atomic mass is 9.84. The van der Waals surface area contributed by atoms with Crippen LogP contribution in [-0.4, -0.2) is 17.8 Å². The number of ether oxygens (including phenoxy) is 1. The largest absolute Gasteiger partial charge is 0.456 e. The number of para-hydroxylation sites is 1. The van der Waals surface area contributed by atoms with Gasteiger partial charge in [0.25, 0.3) is 0 Å². The van der Waals surface area contributed by atoms with Gasteiger partial charge in [0.05, 0.1) is 17.7 Å². The monoisotopic (exact) mass is 294 g/mol. The van der Waals surface area contributed by atoms with Gasteiger partial charge in [-0.25, -0.2) is 0 Å². The van der Waals surface area contributed by atoms with Gasteiger partial charge >= 0.3 is 0 Å². The van der Waals surface area contributed by atoms with Crippen molar-refractivity contribution < 1.29 is 14.3 Å². The zero-order valence-corrected chi connectivity index (χ0v) is 12.5. The minimum absolute atomic E-state index is 0.0532. The summed E-state index contributed by atoms with van der Waals surface area (Å²) in [5, 5.41) is 12.4. The van der Waals surface area contributed by atoms with Gasteiger partial charge in [-0.2, -0.15) is 0 Å². The van der Waals surface area contributed by atoms with Crippen molar-refractivity contribution in [1.82, 2.24) is 0 Å². The molecule has 1 aliphatic heterocycles. The van der Waals surface area contributed by atoms with E-state index in [-0.39, 0.29) is 6.10 Å². The third-order valence-electron chi connectivity index (χ3n) is 4.08. The van der Waals surface area contributed by atoms with Crippen LogP contribution in [-0.2, 0) is 10.3 Å². The fourth-order valence-corrected chi connectivity index (χ4v) is 3.00. The quantitative estimate of drug-likeness (QED) is 0.906. The number of fused-ring (bicyclic) bond motifs is 1. The summed E-state index contributed by atoms with van der Waals surface area (Å²) in [6.45, 7) is 4.75. The second-order valence-electron chi connectivity index (χ2n) is 5.91. The van der Waals surface area contributed by atoms with Crippen LogP contribution >= 0.6 is 11.6 Å². The Labute approximate surface area is 123 Å². The number of rotatable bonds is 2. The summed E-state index contributed by atoms with van der Waals surface area (Å²) >= 11 is 6.13. The fourth-order valence-electron chi connectivity index (χ4n) is 2.78. The molecule has 2 heterocycles. The molecule has 4 heteroatoms. The maximum Gasteiger partial charge on any atom is 0.153 e. The highest BCUT2D eigenvalue weighted by Crippen LogP contribution is 2.40. The topological polar surface area (TPSA) is 42.6 Å². The molecule has 108 valence electrons. The molecule has 2 unspecified atom stereocenters. The maximum absolute atomic E-state index is 10.9. The van der Waals surface area contributed by atoms with E-state index in [2.05, 4.69) is 13.8 Å². The predicted octanol–water partition coefficient (Wildman–Crippen LogP) is 4.11. The number of furan rings is 1. The molecule has 1 N–H and O–H groups in total. The summed E-state index contributed by atoms with van der Waals surface area (Å²) < 4.78 is 11.6. The normalized spacial score (nSPS) is 27.4. The smallest absolute Gasteiger partial charge is 0.153 e. The van der Waals surface area contributed by atoms with Crippen LogP contribution in [0.3, 0.4) is 0 Å². The molecule has 1 saturated heterocycles. The summed E-state index contributed by atoms with van der Waals surface area (Å²) in [5.41, 5.74) is -0.319. The molecule has 0 aliphatic carbocycles.